The van der Waals surface area contributed by atoms with E-state index < -0.39 is 0 Å². The van der Waals surface area contributed by atoms with E-state index in [9.17, 15) is 0 Å². The summed E-state index contributed by atoms with van der Waals surface area (Å²) >= 11 is 0. The Morgan fingerprint density at radius 1 is 0.958 bits per heavy atom. The molecule has 24 heavy (non-hydrogen) atoms. The monoisotopic (exact) mass is 320 g/mol. The molecule has 1 fully saturated rings. The first-order valence-electron chi connectivity index (χ1n) is 8.78. The van der Waals surface area contributed by atoms with E-state index in [1.165, 1.54) is 31.3 Å². The van der Waals surface area contributed by atoms with Gasteiger partial charge in [-0.15, -0.1) is 0 Å². The second-order valence-corrected chi connectivity index (χ2v) is 6.53. The summed E-state index contributed by atoms with van der Waals surface area (Å²) in [7, 11) is 2.07. The van der Waals surface area contributed by atoms with Gasteiger partial charge in [0.05, 0.1) is 0 Å². The Labute approximate surface area is 143 Å². The zero-order valence-electron chi connectivity index (χ0n) is 14.2. The number of hydrogen-bond acceptors (Lipinski definition) is 3. The molecule has 0 radical (unpaired) electrons. The van der Waals surface area contributed by atoms with Crippen LogP contribution >= 0.6 is 0 Å². The highest BCUT2D eigenvalue weighted by Gasteiger charge is 2.13. The minimum Gasteiger partial charge on any atom is -0.331 e. The molecule has 1 aromatic carbocycles. The van der Waals surface area contributed by atoms with Crippen LogP contribution in [0.2, 0.25) is 0 Å². The average Bonchev–Trinajstić information content (AvgIpc) is 3.29. The third-order valence-electron chi connectivity index (χ3n) is 4.94. The van der Waals surface area contributed by atoms with Crippen molar-refractivity contribution in [2.45, 2.75) is 19.4 Å². The van der Waals surface area contributed by atoms with E-state index in [1.807, 2.05) is 6.07 Å². The SMILES string of the molecule is CN(c1ccccc1)c1ccc2ccn(CCN3CCCC3)c2n1. The fourth-order valence-corrected chi connectivity index (χ4v) is 3.46. The number of aromatic nitrogens is 2. The number of para-hydroxylation sites is 1. The molecular formula is C20H24N4. The normalized spacial score (nSPS) is 15.2. The zero-order valence-corrected chi connectivity index (χ0v) is 14.2. The van der Waals surface area contributed by atoms with Crippen LogP contribution in [-0.2, 0) is 6.54 Å². The molecule has 0 bridgehead atoms. The summed E-state index contributed by atoms with van der Waals surface area (Å²) in [5.74, 6) is 0.981. The lowest BCUT2D eigenvalue weighted by atomic mass is 10.3. The topological polar surface area (TPSA) is 24.3 Å². The minimum atomic E-state index is 0.981. The fourth-order valence-electron chi connectivity index (χ4n) is 3.46. The Balaban J connectivity index is 1.58. The predicted octanol–water partition coefficient (Wildman–Crippen LogP) is 3.90. The van der Waals surface area contributed by atoms with Crippen molar-refractivity contribution in [3.05, 3.63) is 54.7 Å². The van der Waals surface area contributed by atoms with Crippen LogP contribution in [0.3, 0.4) is 0 Å². The first-order valence-corrected chi connectivity index (χ1v) is 8.78. The first-order chi connectivity index (χ1) is 11.8. The van der Waals surface area contributed by atoms with Gasteiger partial charge in [-0.1, -0.05) is 18.2 Å². The molecule has 0 N–H and O–H groups in total. The Morgan fingerprint density at radius 3 is 2.54 bits per heavy atom. The quantitative estimate of drug-likeness (QED) is 0.712. The van der Waals surface area contributed by atoms with Gasteiger partial charge in [0.15, 0.2) is 0 Å². The molecule has 0 amide bonds. The van der Waals surface area contributed by atoms with Crippen molar-refractivity contribution >= 4 is 22.5 Å². The van der Waals surface area contributed by atoms with E-state index in [2.05, 4.69) is 70.1 Å². The van der Waals surface area contributed by atoms with Gasteiger partial charge in [0, 0.05) is 37.4 Å². The van der Waals surface area contributed by atoms with Crippen molar-refractivity contribution in [3.63, 3.8) is 0 Å². The number of nitrogens with zero attached hydrogens (tertiary/aromatic N) is 4. The van der Waals surface area contributed by atoms with Gasteiger partial charge in [-0.3, -0.25) is 0 Å². The highest BCUT2D eigenvalue weighted by Crippen LogP contribution is 2.24. The first kappa shape index (κ1) is 15.2. The Kier molecular flexibility index (Phi) is 4.22. The molecule has 0 saturated carbocycles. The number of hydrogen-bond donors (Lipinski definition) is 0. The van der Waals surface area contributed by atoms with Crippen LogP contribution < -0.4 is 4.90 Å². The Morgan fingerprint density at radius 2 is 1.75 bits per heavy atom. The molecular weight excluding hydrogens is 296 g/mol. The number of benzene rings is 1. The Bertz CT molecular complexity index is 803. The standard InChI is InChI=1S/C20H24N4/c1-22(18-7-3-2-4-8-18)19-10-9-17-11-14-24(20(17)21-19)16-15-23-12-5-6-13-23/h2-4,7-11,14H,5-6,12-13,15-16H2,1H3. The van der Waals surface area contributed by atoms with Gasteiger partial charge in [-0.25, -0.2) is 4.98 Å². The Hall–Kier alpha value is -2.33. The summed E-state index contributed by atoms with van der Waals surface area (Å²) in [6, 6.07) is 16.8. The van der Waals surface area contributed by atoms with Gasteiger partial charge in [-0.05, 0) is 56.3 Å². The summed E-state index contributed by atoms with van der Waals surface area (Å²) in [6.45, 7) is 4.61. The van der Waals surface area contributed by atoms with Gasteiger partial charge in [0.2, 0.25) is 0 Å². The summed E-state index contributed by atoms with van der Waals surface area (Å²) in [6.07, 6.45) is 4.85. The van der Waals surface area contributed by atoms with Crippen molar-refractivity contribution < 1.29 is 0 Å². The molecule has 0 unspecified atom stereocenters. The van der Waals surface area contributed by atoms with E-state index in [1.54, 1.807) is 0 Å². The predicted molar refractivity (Wildman–Crippen MR) is 99.9 cm³/mol. The molecule has 0 atom stereocenters. The van der Waals surface area contributed by atoms with Gasteiger partial charge < -0.3 is 14.4 Å². The van der Waals surface area contributed by atoms with Crippen molar-refractivity contribution in [1.82, 2.24) is 14.5 Å². The number of pyridine rings is 1. The number of likely N-dealkylation sites (tertiary alicyclic amines) is 1. The van der Waals surface area contributed by atoms with E-state index >= 15 is 0 Å². The lowest BCUT2D eigenvalue weighted by Crippen LogP contribution is -2.24. The smallest absolute Gasteiger partial charge is 0.142 e. The summed E-state index contributed by atoms with van der Waals surface area (Å²) in [5.41, 5.74) is 2.23. The van der Waals surface area contributed by atoms with Crippen LogP contribution in [0, 0.1) is 0 Å². The summed E-state index contributed by atoms with van der Waals surface area (Å²) in [4.78, 5) is 9.61. The van der Waals surface area contributed by atoms with Crippen molar-refractivity contribution in [2.75, 3.05) is 31.6 Å². The molecule has 4 rings (SSSR count). The summed E-state index contributed by atoms with van der Waals surface area (Å²) in [5, 5.41) is 1.21. The maximum atomic E-state index is 4.93. The molecule has 1 aliphatic heterocycles. The third-order valence-corrected chi connectivity index (χ3v) is 4.94. The maximum absolute atomic E-state index is 4.93. The van der Waals surface area contributed by atoms with Gasteiger partial charge >= 0.3 is 0 Å². The number of rotatable bonds is 5. The molecule has 2 aromatic heterocycles. The highest BCUT2D eigenvalue weighted by molar-refractivity contribution is 5.79. The molecule has 0 spiro atoms. The van der Waals surface area contributed by atoms with E-state index in [-0.39, 0.29) is 0 Å². The molecule has 3 aromatic rings. The minimum absolute atomic E-state index is 0.981. The zero-order chi connectivity index (χ0) is 16.4. The van der Waals surface area contributed by atoms with E-state index in [0.717, 1.165) is 30.2 Å². The molecule has 4 heteroatoms. The average molecular weight is 320 g/mol. The molecule has 1 saturated heterocycles. The van der Waals surface area contributed by atoms with Crippen LogP contribution in [0.25, 0.3) is 11.0 Å². The van der Waals surface area contributed by atoms with Crippen molar-refractivity contribution in [2.24, 2.45) is 0 Å². The van der Waals surface area contributed by atoms with Crippen molar-refractivity contribution in [1.29, 1.82) is 0 Å². The molecule has 124 valence electrons. The summed E-state index contributed by atoms with van der Waals surface area (Å²) < 4.78 is 2.29. The van der Waals surface area contributed by atoms with E-state index in [4.69, 9.17) is 4.98 Å². The fraction of sp³-hybridized carbons (Fsp3) is 0.350. The largest absolute Gasteiger partial charge is 0.331 e. The molecule has 0 aliphatic carbocycles. The maximum Gasteiger partial charge on any atom is 0.142 e. The van der Waals surface area contributed by atoms with E-state index in [0.29, 0.717) is 0 Å². The van der Waals surface area contributed by atoms with Crippen LogP contribution in [0.15, 0.2) is 54.7 Å². The van der Waals surface area contributed by atoms with Gasteiger partial charge in [0.1, 0.15) is 11.5 Å². The second-order valence-electron chi connectivity index (χ2n) is 6.53. The van der Waals surface area contributed by atoms with Crippen molar-refractivity contribution in [3.8, 4) is 0 Å². The lowest BCUT2D eigenvalue weighted by Gasteiger charge is -2.19. The third kappa shape index (κ3) is 3.02. The van der Waals surface area contributed by atoms with Crippen LogP contribution in [0.5, 0.6) is 0 Å². The lowest BCUT2D eigenvalue weighted by molar-refractivity contribution is 0.324. The van der Waals surface area contributed by atoms with Gasteiger partial charge in [0.25, 0.3) is 0 Å². The second kappa shape index (κ2) is 6.65. The molecule has 4 nitrogen and oxygen atoms in total. The molecule has 1 aliphatic rings. The highest BCUT2D eigenvalue weighted by atomic mass is 15.2. The number of anilines is 2. The molecule has 3 heterocycles. The van der Waals surface area contributed by atoms with Crippen LogP contribution in [0.4, 0.5) is 11.5 Å². The van der Waals surface area contributed by atoms with Crippen LogP contribution in [0.1, 0.15) is 12.8 Å². The number of fused-ring (bicyclic) bond motifs is 1. The van der Waals surface area contributed by atoms with Gasteiger partial charge in [-0.2, -0.15) is 0 Å². The van der Waals surface area contributed by atoms with Crippen LogP contribution in [-0.4, -0.2) is 41.1 Å².